The molecule has 0 aliphatic rings. The van der Waals surface area contributed by atoms with Crippen molar-refractivity contribution < 1.29 is 5.21 Å². The van der Waals surface area contributed by atoms with E-state index in [2.05, 4.69) is 17.0 Å². The Bertz CT molecular complexity index is 159. The van der Waals surface area contributed by atoms with Gasteiger partial charge >= 0.3 is 0 Å². The highest BCUT2D eigenvalue weighted by Gasteiger charge is 2.16. The topological polar surface area (TPSA) is 61.8 Å². The largest absolute Gasteiger partial charge is 0.409 e. The van der Waals surface area contributed by atoms with Crippen LogP contribution < -0.4 is 5.73 Å². The number of rotatable bonds is 6. The van der Waals surface area contributed by atoms with E-state index in [4.69, 9.17) is 10.9 Å². The molecule has 0 rings (SSSR count). The molecule has 0 fully saturated rings. The lowest BCUT2D eigenvalue weighted by molar-refractivity contribution is 0.267. The minimum Gasteiger partial charge on any atom is -0.409 e. The van der Waals surface area contributed by atoms with E-state index in [1.54, 1.807) is 0 Å². The minimum atomic E-state index is 0.0662. The smallest absolute Gasteiger partial charge is 0.156 e. The van der Waals surface area contributed by atoms with Gasteiger partial charge in [-0.05, 0) is 26.4 Å². The average molecular weight is 187 g/mol. The van der Waals surface area contributed by atoms with E-state index in [-0.39, 0.29) is 6.04 Å². The summed E-state index contributed by atoms with van der Waals surface area (Å²) in [4.78, 5) is 2.12. The molecule has 0 amide bonds. The molecule has 0 aliphatic carbocycles. The molecule has 13 heavy (non-hydrogen) atoms. The SMILES string of the molecule is CCCCN(C)C(CC)C(N)=NO. The number of hydrogen-bond acceptors (Lipinski definition) is 3. The highest BCUT2D eigenvalue weighted by molar-refractivity contribution is 5.85. The molecular weight excluding hydrogens is 166 g/mol. The fraction of sp³-hybridized carbons (Fsp3) is 0.889. The van der Waals surface area contributed by atoms with Crippen molar-refractivity contribution in [3.8, 4) is 0 Å². The summed E-state index contributed by atoms with van der Waals surface area (Å²) in [6, 6.07) is 0.0662. The van der Waals surface area contributed by atoms with Gasteiger partial charge in [0.2, 0.25) is 0 Å². The summed E-state index contributed by atoms with van der Waals surface area (Å²) in [5.41, 5.74) is 5.56. The predicted molar refractivity (Wildman–Crippen MR) is 55.0 cm³/mol. The Morgan fingerprint density at radius 3 is 2.54 bits per heavy atom. The van der Waals surface area contributed by atoms with Crippen molar-refractivity contribution in [1.82, 2.24) is 4.90 Å². The number of nitrogens with two attached hydrogens (primary N) is 1. The van der Waals surface area contributed by atoms with E-state index in [1.165, 1.54) is 0 Å². The maximum absolute atomic E-state index is 8.55. The maximum atomic E-state index is 8.55. The number of likely N-dealkylation sites (N-methyl/N-ethyl adjacent to an activating group) is 1. The van der Waals surface area contributed by atoms with Crippen LogP contribution in [0, 0.1) is 0 Å². The van der Waals surface area contributed by atoms with Gasteiger partial charge in [-0.15, -0.1) is 0 Å². The van der Waals surface area contributed by atoms with E-state index in [0.29, 0.717) is 5.84 Å². The fourth-order valence-electron chi connectivity index (χ4n) is 1.38. The molecule has 0 saturated carbocycles. The van der Waals surface area contributed by atoms with E-state index in [1.807, 2.05) is 14.0 Å². The monoisotopic (exact) mass is 187 g/mol. The van der Waals surface area contributed by atoms with Crippen molar-refractivity contribution in [2.24, 2.45) is 10.9 Å². The van der Waals surface area contributed by atoms with Gasteiger partial charge in [0.05, 0.1) is 6.04 Å². The molecule has 0 saturated heterocycles. The van der Waals surface area contributed by atoms with Crippen LogP contribution in [0.25, 0.3) is 0 Å². The maximum Gasteiger partial charge on any atom is 0.156 e. The molecule has 1 atom stereocenters. The van der Waals surface area contributed by atoms with Crippen molar-refractivity contribution in [1.29, 1.82) is 0 Å². The fourth-order valence-corrected chi connectivity index (χ4v) is 1.38. The zero-order valence-electron chi connectivity index (χ0n) is 8.82. The van der Waals surface area contributed by atoms with Gasteiger partial charge in [-0.25, -0.2) is 0 Å². The number of unbranched alkanes of at least 4 members (excludes halogenated alkanes) is 1. The first kappa shape index (κ1) is 12.2. The molecular formula is C9H21N3O. The lowest BCUT2D eigenvalue weighted by Gasteiger charge is -2.25. The minimum absolute atomic E-state index is 0.0662. The summed E-state index contributed by atoms with van der Waals surface area (Å²) in [6.07, 6.45) is 3.18. The Morgan fingerprint density at radius 2 is 2.15 bits per heavy atom. The Balaban J connectivity index is 4.06. The Labute approximate surface area is 80.4 Å². The second-order valence-corrected chi connectivity index (χ2v) is 3.28. The summed E-state index contributed by atoms with van der Waals surface area (Å²) in [5.74, 6) is 0.307. The first-order valence-corrected chi connectivity index (χ1v) is 4.85. The Kier molecular flexibility index (Phi) is 6.32. The first-order chi connectivity index (χ1) is 6.17. The third-order valence-corrected chi connectivity index (χ3v) is 2.24. The molecule has 0 aliphatic heterocycles. The van der Waals surface area contributed by atoms with Gasteiger partial charge in [-0.3, -0.25) is 4.90 Å². The van der Waals surface area contributed by atoms with Gasteiger partial charge in [0.1, 0.15) is 0 Å². The molecule has 4 heteroatoms. The highest BCUT2D eigenvalue weighted by Crippen LogP contribution is 2.03. The van der Waals surface area contributed by atoms with Gasteiger partial charge in [-0.1, -0.05) is 25.4 Å². The molecule has 0 spiro atoms. The van der Waals surface area contributed by atoms with Gasteiger partial charge in [0, 0.05) is 0 Å². The third kappa shape index (κ3) is 4.12. The van der Waals surface area contributed by atoms with E-state index in [9.17, 15) is 0 Å². The normalized spacial score (nSPS) is 14.9. The molecule has 3 N–H and O–H groups in total. The van der Waals surface area contributed by atoms with Gasteiger partial charge < -0.3 is 10.9 Å². The second-order valence-electron chi connectivity index (χ2n) is 3.28. The number of hydrogen-bond donors (Lipinski definition) is 2. The van der Waals surface area contributed by atoms with Gasteiger partial charge in [0.25, 0.3) is 0 Å². The molecule has 0 radical (unpaired) electrons. The number of nitrogens with zero attached hydrogens (tertiary/aromatic N) is 2. The third-order valence-electron chi connectivity index (χ3n) is 2.24. The lowest BCUT2D eigenvalue weighted by Crippen LogP contribution is -2.42. The van der Waals surface area contributed by atoms with E-state index < -0.39 is 0 Å². The van der Waals surface area contributed by atoms with Crippen LogP contribution in [0.15, 0.2) is 5.16 Å². The van der Waals surface area contributed by atoms with E-state index >= 15 is 0 Å². The molecule has 78 valence electrons. The average Bonchev–Trinajstić information content (AvgIpc) is 2.15. The summed E-state index contributed by atoms with van der Waals surface area (Å²) >= 11 is 0. The van der Waals surface area contributed by atoms with E-state index in [0.717, 1.165) is 25.8 Å². The molecule has 0 heterocycles. The van der Waals surface area contributed by atoms with Crippen molar-refractivity contribution in [3.63, 3.8) is 0 Å². The van der Waals surface area contributed by atoms with Gasteiger partial charge in [-0.2, -0.15) is 0 Å². The number of amidine groups is 1. The van der Waals surface area contributed by atoms with Crippen LogP contribution in [-0.4, -0.2) is 35.6 Å². The summed E-state index contributed by atoms with van der Waals surface area (Å²) in [7, 11) is 2.00. The molecule has 0 aromatic carbocycles. The van der Waals surface area contributed by atoms with Crippen molar-refractivity contribution >= 4 is 5.84 Å². The van der Waals surface area contributed by atoms with Crippen molar-refractivity contribution in [3.05, 3.63) is 0 Å². The van der Waals surface area contributed by atoms with Crippen molar-refractivity contribution in [2.75, 3.05) is 13.6 Å². The Hall–Kier alpha value is -0.770. The summed E-state index contributed by atoms with van der Waals surface area (Å²) in [5, 5.41) is 11.6. The van der Waals surface area contributed by atoms with Crippen LogP contribution in [0.2, 0.25) is 0 Å². The summed E-state index contributed by atoms with van der Waals surface area (Å²) in [6.45, 7) is 5.18. The lowest BCUT2D eigenvalue weighted by atomic mass is 10.1. The summed E-state index contributed by atoms with van der Waals surface area (Å²) < 4.78 is 0. The molecule has 0 aromatic rings. The van der Waals surface area contributed by atoms with Gasteiger partial charge in [0.15, 0.2) is 5.84 Å². The van der Waals surface area contributed by atoms with Crippen LogP contribution in [0.3, 0.4) is 0 Å². The molecule has 4 nitrogen and oxygen atoms in total. The highest BCUT2D eigenvalue weighted by atomic mass is 16.4. The van der Waals surface area contributed by atoms with Crippen LogP contribution >= 0.6 is 0 Å². The molecule has 0 aromatic heterocycles. The predicted octanol–water partition coefficient (Wildman–Crippen LogP) is 1.24. The quantitative estimate of drug-likeness (QED) is 0.285. The van der Waals surface area contributed by atoms with Crippen LogP contribution in [0.1, 0.15) is 33.1 Å². The molecule has 0 bridgehead atoms. The van der Waals surface area contributed by atoms with Crippen LogP contribution in [0.5, 0.6) is 0 Å². The zero-order chi connectivity index (χ0) is 10.3. The van der Waals surface area contributed by atoms with Crippen LogP contribution in [-0.2, 0) is 0 Å². The van der Waals surface area contributed by atoms with Crippen molar-refractivity contribution in [2.45, 2.75) is 39.2 Å². The Morgan fingerprint density at radius 1 is 1.54 bits per heavy atom. The number of oxime groups is 1. The first-order valence-electron chi connectivity index (χ1n) is 4.85. The standard InChI is InChI=1S/C9H21N3O/c1-4-6-7-12(3)8(5-2)9(10)11-13/h8,13H,4-7H2,1-3H3,(H2,10,11). The molecule has 1 unspecified atom stereocenters. The second kappa shape index (κ2) is 6.71. The zero-order valence-corrected chi connectivity index (χ0v) is 8.82. The van der Waals surface area contributed by atoms with Crippen LogP contribution in [0.4, 0.5) is 0 Å².